The molecule has 0 bridgehead atoms. The van der Waals surface area contributed by atoms with Crippen LogP contribution in [-0.4, -0.2) is 43.3 Å². The van der Waals surface area contributed by atoms with Gasteiger partial charge in [-0.3, -0.25) is 9.59 Å². The van der Waals surface area contributed by atoms with Gasteiger partial charge in [-0.15, -0.1) is 0 Å². The standard InChI is InChI=1S/C13H17BrN2O4/c1-9-8-10(14)2-3-11(9)16-13(19)12(18)15-4-6-20-7-5-17/h2-3,8,17H,4-7H2,1H3,(H,15,18)(H,16,19). The van der Waals surface area contributed by atoms with Gasteiger partial charge in [0.2, 0.25) is 0 Å². The summed E-state index contributed by atoms with van der Waals surface area (Å²) in [5.74, 6) is -1.45. The lowest BCUT2D eigenvalue weighted by atomic mass is 10.2. The molecular weight excluding hydrogens is 328 g/mol. The first-order valence-corrected chi connectivity index (χ1v) is 6.88. The Balaban J connectivity index is 2.39. The first kappa shape index (κ1) is 16.6. The van der Waals surface area contributed by atoms with Gasteiger partial charge >= 0.3 is 11.8 Å². The van der Waals surface area contributed by atoms with Gasteiger partial charge in [0.05, 0.1) is 19.8 Å². The monoisotopic (exact) mass is 344 g/mol. The van der Waals surface area contributed by atoms with E-state index >= 15 is 0 Å². The zero-order valence-electron chi connectivity index (χ0n) is 11.1. The summed E-state index contributed by atoms with van der Waals surface area (Å²) in [7, 11) is 0. The largest absolute Gasteiger partial charge is 0.394 e. The minimum atomic E-state index is -0.724. The van der Waals surface area contributed by atoms with Crippen LogP contribution in [0.15, 0.2) is 22.7 Å². The summed E-state index contributed by atoms with van der Waals surface area (Å²) in [6.07, 6.45) is 0. The lowest BCUT2D eigenvalue weighted by molar-refractivity contribution is -0.136. The van der Waals surface area contributed by atoms with Crippen LogP contribution < -0.4 is 10.6 Å². The predicted molar refractivity (Wildman–Crippen MR) is 78.4 cm³/mol. The quantitative estimate of drug-likeness (QED) is 0.526. The Morgan fingerprint density at radius 2 is 2.05 bits per heavy atom. The Labute approximate surface area is 125 Å². The van der Waals surface area contributed by atoms with E-state index in [0.717, 1.165) is 10.0 Å². The summed E-state index contributed by atoms with van der Waals surface area (Å²) in [5, 5.41) is 13.5. The van der Waals surface area contributed by atoms with Crippen molar-refractivity contribution in [1.29, 1.82) is 0 Å². The van der Waals surface area contributed by atoms with Crippen molar-refractivity contribution >= 4 is 33.4 Å². The second-order valence-electron chi connectivity index (χ2n) is 4.01. The van der Waals surface area contributed by atoms with Crippen molar-refractivity contribution in [1.82, 2.24) is 5.32 Å². The van der Waals surface area contributed by atoms with E-state index in [0.29, 0.717) is 5.69 Å². The van der Waals surface area contributed by atoms with E-state index < -0.39 is 11.8 Å². The number of nitrogens with one attached hydrogen (secondary N) is 2. The number of aryl methyl sites for hydroxylation is 1. The van der Waals surface area contributed by atoms with E-state index in [9.17, 15) is 9.59 Å². The van der Waals surface area contributed by atoms with Gasteiger partial charge in [0, 0.05) is 16.7 Å². The molecule has 0 fully saturated rings. The number of anilines is 1. The molecule has 3 N–H and O–H groups in total. The predicted octanol–water partition coefficient (Wildman–Crippen LogP) is 0.821. The fourth-order valence-electron chi connectivity index (χ4n) is 1.43. The Kier molecular flexibility index (Phi) is 7.21. The molecule has 7 heteroatoms. The maximum absolute atomic E-state index is 11.7. The topological polar surface area (TPSA) is 87.7 Å². The van der Waals surface area contributed by atoms with Gasteiger partial charge in [0.25, 0.3) is 0 Å². The van der Waals surface area contributed by atoms with Crippen LogP contribution in [0, 0.1) is 6.92 Å². The van der Waals surface area contributed by atoms with Crippen LogP contribution in [0.1, 0.15) is 5.56 Å². The van der Waals surface area contributed by atoms with Gasteiger partial charge < -0.3 is 20.5 Å². The second-order valence-corrected chi connectivity index (χ2v) is 4.92. The zero-order chi connectivity index (χ0) is 15.0. The van der Waals surface area contributed by atoms with Crippen molar-refractivity contribution in [2.24, 2.45) is 0 Å². The summed E-state index contributed by atoms with van der Waals surface area (Å²) >= 11 is 3.32. The first-order valence-electron chi connectivity index (χ1n) is 6.08. The smallest absolute Gasteiger partial charge is 0.313 e. The van der Waals surface area contributed by atoms with E-state index in [4.69, 9.17) is 9.84 Å². The number of hydrogen-bond donors (Lipinski definition) is 3. The normalized spacial score (nSPS) is 10.2. The molecule has 2 amide bonds. The third kappa shape index (κ3) is 5.68. The molecule has 20 heavy (non-hydrogen) atoms. The summed E-state index contributed by atoms with van der Waals surface area (Å²) in [6, 6.07) is 5.34. The van der Waals surface area contributed by atoms with Crippen LogP contribution in [0.3, 0.4) is 0 Å². The number of hydrogen-bond acceptors (Lipinski definition) is 4. The highest BCUT2D eigenvalue weighted by molar-refractivity contribution is 9.10. The van der Waals surface area contributed by atoms with Crippen molar-refractivity contribution in [2.75, 3.05) is 31.7 Å². The average molecular weight is 345 g/mol. The van der Waals surface area contributed by atoms with E-state index in [1.54, 1.807) is 12.1 Å². The number of aliphatic hydroxyl groups is 1. The number of halogens is 1. The lowest BCUT2D eigenvalue weighted by Gasteiger charge is -2.09. The van der Waals surface area contributed by atoms with Crippen molar-refractivity contribution < 1.29 is 19.4 Å². The summed E-state index contributed by atoms with van der Waals surface area (Å²) in [4.78, 5) is 23.2. The van der Waals surface area contributed by atoms with Crippen molar-refractivity contribution in [2.45, 2.75) is 6.92 Å². The van der Waals surface area contributed by atoms with Crippen LogP contribution in [0.4, 0.5) is 5.69 Å². The Morgan fingerprint density at radius 1 is 1.30 bits per heavy atom. The van der Waals surface area contributed by atoms with E-state index in [2.05, 4.69) is 26.6 Å². The molecule has 0 aliphatic carbocycles. The SMILES string of the molecule is Cc1cc(Br)ccc1NC(=O)C(=O)NCCOCCO. The lowest BCUT2D eigenvalue weighted by Crippen LogP contribution is -2.37. The number of benzene rings is 1. The number of aliphatic hydroxyl groups excluding tert-OH is 1. The third-order valence-electron chi connectivity index (χ3n) is 2.41. The van der Waals surface area contributed by atoms with Crippen molar-refractivity contribution in [3.05, 3.63) is 28.2 Å². The van der Waals surface area contributed by atoms with Gasteiger partial charge in [-0.05, 0) is 30.7 Å². The molecule has 1 rings (SSSR count). The summed E-state index contributed by atoms with van der Waals surface area (Å²) < 4.78 is 5.86. The Bertz CT molecular complexity index is 479. The molecule has 0 saturated heterocycles. The van der Waals surface area contributed by atoms with Crippen LogP contribution in [0.2, 0.25) is 0 Å². The Hall–Kier alpha value is -1.44. The highest BCUT2D eigenvalue weighted by Gasteiger charge is 2.13. The third-order valence-corrected chi connectivity index (χ3v) is 2.90. The van der Waals surface area contributed by atoms with Crippen molar-refractivity contribution in [3.63, 3.8) is 0 Å². The van der Waals surface area contributed by atoms with Crippen molar-refractivity contribution in [3.8, 4) is 0 Å². The van der Waals surface area contributed by atoms with Gasteiger partial charge in [-0.25, -0.2) is 0 Å². The zero-order valence-corrected chi connectivity index (χ0v) is 12.7. The number of carbonyl (C=O) groups is 2. The molecule has 1 aromatic rings. The maximum Gasteiger partial charge on any atom is 0.313 e. The second kappa shape index (κ2) is 8.68. The molecular formula is C13H17BrN2O4. The fraction of sp³-hybridized carbons (Fsp3) is 0.385. The molecule has 0 aliphatic heterocycles. The fourth-order valence-corrected chi connectivity index (χ4v) is 1.91. The van der Waals surface area contributed by atoms with Crippen LogP contribution in [0.25, 0.3) is 0 Å². The number of ether oxygens (including phenoxy) is 1. The molecule has 0 aromatic heterocycles. The highest BCUT2D eigenvalue weighted by Crippen LogP contribution is 2.19. The average Bonchev–Trinajstić information content (AvgIpc) is 2.41. The van der Waals surface area contributed by atoms with Gasteiger partial charge in [-0.2, -0.15) is 0 Å². The number of amides is 2. The minimum Gasteiger partial charge on any atom is -0.394 e. The number of rotatable bonds is 6. The molecule has 0 aliphatic rings. The van der Waals surface area contributed by atoms with Crippen LogP contribution >= 0.6 is 15.9 Å². The number of carbonyl (C=O) groups excluding carboxylic acids is 2. The summed E-state index contributed by atoms with van der Waals surface area (Å²) in [6.45, 7) is 2.43. The molecule has 0 heterocycles. The Morgan fingerprint density at radius 3 is 2.70 bits per heavy atom. The molecule has 0 saturated carbocycles. The minimum absolute atomic E-state index is 0.0721. The molecule has 0 radical (unpaired) electrons. The first-order chi connectivity index (χ1) is 9.54. The van der Waals surface area contributed by atoms with Gasteiger partial charge in [-0.1, -0.05) is 15.9 Å². The molecule has 6 nitrogen and oxygen atoms in total. The molecule has 1 aromatic carbocycles. The highest BCUT2D eigenvalue weighted by atomic mass is 79.9. The van der Waals surface area contributed by atoms with Gasteiger partial charge in [0.15, 0.2) is 0 Å². The van der Waals surface area contributed by atoms with Crippen LogP contribution in [0.5, 0.6) is 0 Å². The van der Waals surface area contributed by atoms with Crippen LogP contribution in [-0.2, 0) is 14.3 Å². The molecule has 0 unspecified atom stereocenters. The van der Waals surface area contributed by atoms with E-state index in [1.165, 1.54) is 0 Å². The molecule has 0 spiro atoms. The molecule has 0 atom stereocenters. The molecule has 110 valence electrons. The maximum atomic E-state index is 11.7. The van der Waals surface area contributed by atoms with Gasteiger partial charge in [0.1, 0.15) is 0 Å². The van der Waals surface area contributed by atoms with E-state index in [-0.39, 0.29) is 26.4 Å². The van der Waals surface area contributed by atoms with E-state index in [1.807, 2.05) is 13.0 Å². The summed E-state index contributed by atoms with van der Waals surface area (Å²) in [5.41, 5.74) is 1.44.